The summed E-state index contributed by atoms with van der Waals surface area (Å²) in [7, 11) is -3.50. The molecular formula is C16H23NO3S. The first-order chi connectivity index (χ1) is 9.95. The number of benzene rings is 1. The van der Waals surface area contributed by atoms with Gasteiger partial charge in [-0.2, -0.15) is 4.31 Å². The lowest BCUT2D eigenvalue weighted by molar-refractivity contribution is -0.122. The van der Waals surface area contributed by atoms with Crippen molar-refractivity contribution in [3.63, 3.8) is 0 Å². The van der Waals surface area contributed by atoms with Gasteiger partial charge in [-0.25, -0.2) is 8.42 Å². The number of rotatable bonds is 4. The maximum Gasteiger partial charge on any atom is 0.243 e. The second-order valence-corrected chi connectivity index (χ2v) is 7.67. The number of sulfonamides is 1. The van der Waals surface area contributed by atoms with E-state index in [1.165, 1.54) is 4.31 Å². The Labute approximate surface area is 127 Å². The summed E-state index contributed by atoms with van der Waals surface area (Å²) >= 11 is 0. The van der Waals surface area contributed by atoms with Gasteiger partial charge in [0.15, 0.2) is 0 Å². The van der Waals surface area contributed by atoms with E-state index >= 15 is 0 Å². The van der Waals surface area contributed by atoms with Gasteiger partial charge in [-0.05, 0) is 31.9 Å². The van der Waals surface area contributed by atoms with Crippen molar-refractivity contribution in [2.24, 2.45) is 5.92 Å². The molecule has 0 saturated carbocycles. The molecule has 1 aromatic carbocycles. The number of carbonyl (C=O) groups excluding carboxylic acids is 1. The third-order valence-corrected chi connectivity index (χ3v) is 5.89. The van der Waals surface area contributed by atoms with Crippen LogP contribution in [0.5, 0.6) is 0 Å². The Bertz CT molecular complexity index is 592. The van der Waals surface area contributed by atoms with E-state index < -0.39 is 10.0 Å². The van der Waals surface area contributed by atoms with E-state index in [1.54, 1.807) is 24.3 Å². The van der Waals surface area contributed by atoms with Gasteiger partial charge < -0.3 is 0 Å². The number of aryl methyl sites for hydroxylation is 1. The molecule has 1 aliphatic rings. The van der Waals surface area contributed by atoms with Crippen LogP contribution < -0.4 is 0 Å². The van der Waals surface area contributed by atoms with Gasteiger partial charge in [0.2, 0.25) is 10.0 Å². The summed E-state index contributed by atoms with van der Waals surface area (Å²) in [6.07, 6.45) is 2.77. The lowest BCUT2D eigenvalue weighted by Gasteiger charge is -2.23. The number of Topliss-reactive ketones (excluding diaryl/α,β-unsaturated/α-hetero) is 1. The molecule has 1 aromatic rings. The minimum Gasteiger partial charge on any atom is -0.299 e. The lowest BCUT2D eigenvalue weighted by Crippen LogP contribution is -2.35. The second kappa shape index (κ2) is 6.71. The maximum atomic E-state index is 12.7. The van der Waals surface area contributed by atoms with E-state index in [2.05, 4.69) is 0 Å². The van der Waals surface area contributed by atoms with Crippen molar-refractivity contribution in [2.75, 3.05) is 13.1 Å². The van der Waals surface area contributed by atoms with E-state index in [4.69, 9.17) is 0 Å². The molecule has 1 unspecified atom stereocenters. The van der Waals surface area contributed by atoms with E-state index in [1.807, 2.05) is 13.8 Å². The standard InChI is InChI=1S/C16H23NO3S/c1-3-5-14-12-17(11-4-6-16(14)18)21(19,20)15-9-7-13(2)8-10-15/h7-10,14H,3-6,11-12H2,1-2H3. The van der Waals surface area contributed by atoms with Crippen LogP contribution in [0.15, 0.2) is 29.2 Å². The summed E-state index contributed by atoms with van der Waals surface area (Å²) in [5.41, 5.74) is 1.03. The molecule has 0 aromatic heterocycles. The van der Waals surface area contributed by atoms with Gasteiger partial charge in [0.1, 0.15) is 5.78 Å². The predicted molar refractivity (Wildman–Crippen MR) is 82.6 cm³/mol. The summed E-state index contributed by atoms with van der Waals surface area (Å²) in [4.78, 5) is 12.4. The normalized spacial score (nSPS) is 21.2. The van der Waals surface area contributed by atoms with Crippen LogP contribution in [0.3, 0.4) is 0 Å². The Hall–Kier alpha value is -1.20. The zero-order valence-electron chi connectivity index (χ0n) is 12.7. The van der Waals surface area contributed by atoms with Crippen LogP contribution in [-0.2, 0) is 14.8 Å². The van der Waals surface area contributed by atoms with Crippen LogP contribution in [-0.4, -0.2) is 31.6 Å². The largest absolute Gasteiger partial charge is 0.299 e. The number of hydrogen-bond donors (Lipinski definition) is 0. The highest BCUT2D eigenvalue weighted by atomic mass is 32.2. The van der Waals surface area contributed by atoms with Gasteiger partial charge in [-0.15, -0.1) is 0 Å². The Morgan fingerprint density at radius 3 is 2.52 bits per heavy atom. The molecule has 1 fully saturated rings. The fourth-order valence-electron chi connectivity index (χ4n) is 2.75. The van der Waals surface area contributed by atoms with Crippen molar-refractivity contribution in [1.29, 1.82) is 0 Å². The molecule has 2 rings (SSSR count). The topological polar surface area (TPSA) is 54.5 Å². The minimum atomic E-state index is -3.50. The van der Waals surface area contributed by atoms with Crippen LogP contribution in [0.2, 0.25) is 0 Å². The molecule has 5 heteroatoms. The molecule has 21 heavy (non-hydrogen) atoms. The Kier molecular flexibility index (Phi) is 5.17. The predicted octanol–water partition coefficient (Wildman–Crippen LogP) is 2.76. The van der Waals surface area contributed by atoms with Crippen molar-refractivity contribution >= 4 is 15.8 Å². The third kappa shape index (κ3) is 3.71. The summed E-state index contributed by atoms with van der Waals surface area (Å²) in [5, 5.41) is 0. The quantitative estimate of drug-likeness (QED) is 0.859. The van der Waals surface area contributed by atoms with Crippen LogP contribution in [0.4, 0.5) is 0 Å². The maximum absolute atomic E-state index is 12.7. The van der Waals surface area contributed by atoms with E-state index in [9.17, 15) is 13.2 Å². The first-order valence-corrected chi connectivity index (χ1v) is 8.98. The summed E-state index contributed by atoms with van der Waals surface area (Å²) < 4.78 is 26.9. The van der Waals surface area contributed by atoms with Gasteiger partial charge in [0, 0.05) is 25.4 Å². The fourth-order valence-corrected chi connectivity index (χ4v) is 4.27. The molecule has 0 N–H and O–H groups in total. The minimum absolute atomic E-state index is 0.155. The Morgan fingerprint density at radius 1 is 1.24 bits per heavy atom. The highest BCUT2D eigenvalue weighted by Crippen LogP contribution is 2.24. The van der Waals surface area contributed by atoms with Gasteiger partial charge in [-0.3, -0.25) is 4.79 Å². The van der Waals surface area contributed by atoms with Crippen molar-refractivity contribution in [2.45, 2.75) is 44.4 Å². The fraction of sp³-hybridized carbons (Fsp3) is 0.562. The smallest absolute Gasteiger partial charge is 0.243 e. The van der Waals surface area contributed by atoms with Crippen molar-refractivity contribution in [3.8, 4) is 0 Å². The zero-order chi connectivity index (χ0) is 15.5. The molecule has 4 nitrogen and oxygen atoms in total. The molecule has 1 saturated heterocycles. The number of hydrogen-bond acceptors (Lipinski definition) is 3. The summed E-state index contributed by atoms with van der Waals surface area (Å²) in [6.45, 7) is 4.71. The molecule has 1 aliphatic heterocycles. The van der Waals surface area contributed by atoms with Crippen molar-refractivity contribution in [3.05, 3.63) is 29.8 Å². The average Bonchev–Trinajstić information content (AvgIpc) is 2.63. The second-order valence-electron chi connectivity index (χ2n) is 5.73. The molecular weight excluding hydrogens is 286 g/mol. The molecule has 0 radical (unpaired) electrons. The number of carbonyl (C=O) groups is 1. The van der Waals surface area contributed by atoms with E-state index in [0.29, 0.717) is 30.8 Å². The first kappa shape index (κ1) is 16.2. The molecule has 0 aliphatic carbocycles. The van der Waals surface area contributed by atoms with Crippen LogP contribution in [0.1, 0.15) is 38.2 Å². The van der Waals surface area contributed by atoms with E-state index in [-0.39, 0.29) is 11.7 Å². The van der Waals surface area contributed by atoms with Crippen molar-refractivity contribution < 1.29 is 13.2 Å². The zero-order valence-corrected chi connectivity index (χ0v) is 13.5. The van der Waals surface area contributed by atoms with E-state index in [0.717, 1.165) is 18.4 Å². The third-order valence-electron chi connectivity index (χ3n) is 4.01. The molecule has 0 spiro atoms. The number of ketones is 1. The monoisotopic (exact) mass is 309 g/mol. The molecule has 0 bridgehead atoms. The summed E-state index contributed by atoms with van der Waals surface area (Å²) in [6, 6.07) is 6.90. The average molecular weight is 309 g/mol. The van der Waals surface area contributed by atoms with Crippen LogP contribution in [0.25, 0.3) is 0 Å². The lowest BCUT2D eigenvalue weighted by atomic mass is 9.97. The molecule has 116 valence electrons. The van der Waals surface area contributed by atoms with Gasteiger partial charge in [0.25, 0.3) is 0 Å². The Balaban J connectivity index is 2.26. The van der Waals surface area contributed by atoms with Gasteiger partial charge in [0.05, 0.1) is 4.90 Å². The van der Waals surface area contributed by atoms with Gasteiger partial charge >= 0.3 is 0 Å². The van der Waals surface area contributed by atoms with Crippen LogP contribution in [0, 0.1) is 12.8 Å². The molecule has 1 heterocycles. The Morgan fingerprint density at radius 2 is 1.90 bits per heavy atom. The molecule has 0 amide bonds. The summed E-state index contributed by atoms with van der Waals surface area (Å²) in [5.74, 6) is 0.0520. The van der Waals surface area contributed by atoms with Crippen molar-refractivity contribution in [1.82, 2.24) is 4.31 Å². The molecule has 1 atom stereocenters. The number of nitrogens with zero attached hydrogens (tertiary/aromatic N) is 1. The van der Waals surface area contributed by atoms with Crippen LogP contribution >= 0.6 is 0 Å². The van der Waals surface area contributed by atoms with Gasteiger partial charge in [-0.1, -0.05) is 31.0 Å². The first-order valence-electron chi connectivity index (χ1n) is 7.54. The highest BCUT2D eigenvalue weighted by Gasteiger charge is 2.31. The SMILES string of the molecule is CCCC1CN(S(=O)(=O)c2ccc(C)cc2)CCCC1=O. The highest BCUT2D eigenvalue weighted by molar-refractivity contribution is 7.89.